The summed E-state index contributed by atoms with van der Waals surface area (Å²) in [5, 5.41) is 0. The molecule has 146 valence electrons. The van der Waals surface area contributed by atoms with E-state index in [1.807, 2.05) is 31.2 Å². The number of nitrogens with two attached hydrogens (primary N) is 1. The molecule has 1 heterocycles. The van der Waals surface area contributed by atoms with Crippen LogP contribution >= 0.6 is 0 Å². The zero-order valence-electron chi connectivity index (χ0n) is 15.9. The maximum atomic E-state index is 12.8. The van der Waals surface area contributed by atoms with Gasteiger partial charge in [0, 0.05) is 24.7 Å². The van der Waals surface area contributed by atoms with Gasteiger partial charge in [0.25, 0.3) is 0 Å². The Morgan fingerprint density at radius 2 is 2.07 bits per heavy atom. The van der Waals surface area contributed by atoms with Crippen LogP contribution in [0.25, 0.3) is 0 Å². The van der Waals surface area contributed by atoms with Gasteiger partial charge in [-0.15, -0.1) is 0 Å². The zero-order valence-corrected chi connectivity index (χ0v) is 15.9. The fraction of sp³-hybridized carbons (Fsp3) is 0.273. The van der Waals surface area contributed by atoms with Crippen molar-refractivity contribution in [2.75, 3.05) is 18.1 Å². The lowest BCUT2D eigenvalue weighted by molar-refractivity contribution is -0.118. The Labute approximate surface area is 164 Å². The van der Waals surface area contributed by atoms with Crippen LogP contribution in [0, 0.1) is 6.92 Å². The summed E-state index contributed by atoms with van der Waals surface area (Å²) >= 11 is 0. The highest BCUT2D eigenvalue weighted by Crippen LogP contribution is 2.30. The Morgan fingerprint density at radius 3 is 2.82 bits per heavy atom. The molecule has 0 aliphatic carbocycles. The molecule has 6 heteroatoms. The molecule has 1 aliphatic heterocycles. The van der Waals surface area contributed by atoms with Crippen LogP contribution in [0.5, 0.6) is 5.75 Å². The van der Waals surface area contributed by atoms with E-state index in [4.69, 9.17) is 15.2 Å². The van der Waals surface area contributed by atoms with E-state index < -0.39 is 12.2 Å². The van der Waals surface area contributed by atoms with Crippen molar-refractivity contribution in [3.8, 4) is 5.75 Å². The predicted molar refractivity (Wildman–Crippen MR) is 107 cm³/mol. The second-order valence-corrected chi connectivity index (χ2v) is 6.70. The number of nitrogens with zero attached hydrogens (tertiary/aromatic N) is 1. The molecule has 0 saturated heterocycles. The van der Waals surface area contributed by atoms with Crippen LogP contribution < -0.4 is 15.4 Å². The number of aryl methyl sites for hydroxylation is 1. The molecule has 0 bridgehead atoms. The van der Waals surface area contributed by atoms with Crippen LogP contribution in [0.4, 0.5) is 10.5 Å². The second-order valence-electron chi connectivity index (χ2n) is 6.70. The van der Waals surface area contributed by atoms with Crippen molar-refractivity contribution in [3.63, 3.8) is 0 Å². The Hall–Kier alpha value is -3.12. The van der Waals surface area contributed by atoms with Gasteiger partial charge in [-0.3, -0.25) is 4.79 Å². The van der Waals surface area contributed by atoms with Gasteiger partial charge in [0.2, 0.25) is 5.91 Å². The van der Waals surface area contributed by atoms with Crippen molar-refractivity contribution in [2.24, 2.45) is 5.73 Å². The molecule has 0 radical (unpaired) electrons. The van der Waals surface area contributed by atoms with E-state index >= 15 is 0 Å². The average molecular weight is 380 g/mol. The molecule has 3 rings (SSSR count). The number of fused-ring (bicyclic) bond motifs is 1. The highest BCUT2D eigenvalue weighted by Gasteiger charge is 2.26. The maximum absolute atomic E-state index is 12.8. The third-order valence-electron chi connectivity index (χ3n) is 4.74. The lowest BCUT2D eigenvalue weighted by Crippen LogP contribution is -2.32. The molecule has 0 fully saturated rings. The number of carbonyl (C=O) groups excluding carboxylic acids is 2. The van der Waals surface area contributed by atoms with Gasteiger partial charge < -0.3 is 20.1 Å². The van der Waals surface area contributed by atoms with Gasteiger partial charge >= 0.3 is 6.16 Å². The monoisotopic (exact) mass is 380 g/mol. The quantitative estimate of drug-likeness (QED) is 0.470. The van der Waals surface area contributed by atoms with E-state index in [0.29, 0.717) is 12.3 Å². The third-order valence-corrected chi connectivity index (χ3v) is 4.74. The van der Waals surface area contributed by atoms with Crippen LogP contribution in [-0.2, 0) is 16.0 Å². The van der Waals surface area contributed by atoms with E-state index in [2.05, 4.69) is 6.58 Å². The number of benzene rings is 2. The number of hydrogen-bond acceptors (Lipinski definition) is 5. The fourth-order valence-corrected chi connectivity index (χ4v) is 3.39. The highest BCUT2D eigenvalue weighted by molar-refractivity contribution is 5.95. The number of ether oxygens (including phenoxy) is 2. The van der Waals surface area contributed by atoms with Gasteiger partial charge in [0.05, 0.1) is 0 Å². The van der Waals surface area contributed by atoms with Crippen molar-refractivity contribution in [2.45, 2.75) is 25.8 Å². The molecule has 0 aromatic heterocycles. The topological polar surface area (TPSA) is 81.9 Å². The molecule has 2 aromatic carbocycles. The van der Waals surface area contributed by atoms with Crippen molar-refractivity contribution in [3.05, 3.63) is 71.8 Å². The molecule has 1 amide bonds. The van der Waals surface area contributed by atoms with Gasteiger partial charge in [-0.25, -0.2) is 4.79 Å². The summed E-state index contributed by atoms with van der Waals surface area (Å²) in [6.45, 7) is 6.11. The summed E-state index contributed by atoms with van der Waals surface area (Å²) < 4.78 is 9.91. The number of amides is 1. The average Bonchev–Trinajstić information content (AvgIpc) is 3.10. The van der Waals surface area contributed by atoms with Crippen molar-refractivity contribution < 1.29 is 19.1 Å². The number of anilines is 1. The van der Waals surface area contributed by atoms with Crippen molar-refractivity contribution in [1.29, 1.82) is 0 Å². The number of hydrogen-bond donors (Lipinski definition) is 1. The number of para-hydroxylation sites is 1. The van der Waals surface area contributed by atoms with Crippen LogP contribution in [0.15, 0.2) is 55.1 Å². The summed E-state index contributed by atoms with van der Waals surface area (Å²) in [5.41, 5.74) is 10.2. The first-order chi connectivity index (χ1) is 13.5. The minimum atomic E-state index is -0.792. The van der Waals surface area contributed by atoms with Crippen LogP contribution in [0.1, 0.15) is 29.2 Å². The van der Waals surface area contributed by atoms with Crippen molar-refractivity contribution >= 4 is 17.7 Å². The third kappa shape index (κ3) is 4.40. The number of rotatable bonds is 6. The summed E-state index contributed by atoms with van der Waals surface area (Å²) in [6.07, 6.45) is 1.74. The summed E-state index contributed by atoms with van der Waals surface area (Å²) in [5.74, 6) is 0.368. The van der Waals surface area contributed by atoms with Crippen LogP contribution in [-0.4, -0.2) is 25.2 Å². The first kappa shape index (κ1) is 19.6. The Morgan fingerprint density at radius 1 is 1.29 bits per heavy atom. The van der Waals surface area contributed by atoms with Gasteiger partial charge in [-0.05, 0) is 48.2 Å². The normalized spacial score (nSPS) is 13.6. The zero-order chi connectivity index (χ0) is 20.1. The molecular formula is C22H24N2O4. The largest absolute Gasteiger partial charge is 0.514 e. The summed E-state index contributed by atoms with van der Waals surface area (Å²) in [4.78, 5) is 26.1. The molecule has 2 aromatic rings. The fourth-order valence-electron chi connectivity index (χ4n) is 3.39. The van der Waals surface area contributed by atoms with E-state index in [0.717, 1.165) is 23.2 Å². The van der Waals surface area contributed by atoms with E-state index in [-0.39, 0.29) is 18.9 Å². The molecule has 6 nitrogen and oxygen atoms in total. The standard InChI is InChI=1S/C22H24N2O4/c1-3-12-27-22(26)28-17-8-9-18(15(2)13-17)19(23)14-21(25)24-11-10-16-6-4-5-7-20(16)24/h3-9,13,19H,1,10-12,14,23H2,2H3. The first-order valence-electron chi connectivity index (χ1n) is 9.19. The van der Waals surface area contributed by atoms with Crippen molar-refractivity contribution in [1.82, 2.24) is 0 Å². The smallest absolute Gasteiger partial charge is 0.430 e. The Kier molecular flexibility index (Phi) is 6.11. The molecular weight excluding hydrogens is 356 g/mol. The van der Waals surface area contributed by atoms with Crippen LogP contribution in [0.2, 0.25) is 0 Å². The summed E-state index contributed by atoms with van der Waals surface area (Å²) in [6, 6.07) is 12.6. The molecule has 2 N–H and O–H groups in total. The minimum Gasteiger partial charge on any atom is -0.430 e. The van der Waals surface area contributed by atoms with Crippen LogP contribution in [0.3, 0.4) is 0 Å². The van der Waals surface area contributed by atoms with E-state index in [9.17, 15) is 9.59 Å². The lowest BCUT2D eigenvalue weighted by Gasteiger charge is -2.21. The predicted octanol–water partition coefficient (Wildman–Crippen LogP) is 3.68. The van der Waals surface area contributed by atoms with Gasteiger partial charge in [0.15, 0.2) is 0 Å². The van der Waals surface area contributed by atoms with Gasteiger partial charge in [0.1, 0.15) is 12.4 Å². The maximum Gasteiger partial charge on any atom is 0.514 e. The van der Waals surface area contributed by atoms with Gasteiger partial charge in [-0.2, -0.15) is 0 Å². The number of carbonyl (C=O) groups is 2. The van der Waals surface area contributed by atoms with Gasteiger partial charge in [-0.1, -0.05) is 36.9 Å². The molecule has 1 unspecified atom stereocenters. The highest BCUT2D eigenvalue weighted by atomic mass is 16.7. The summed E-state index contributed by atoms with van der Waals surface area (Å²) in [7, 11) is 0. The molecule has 28 heavy (non-hydrogen) atoms. The first-order valence-corrected chi connectivity index (χ1v) is 9.19. The Balaban J connectivity index is 1.64. The Bertz CT molecular complexity index is 894. The SMILES string of the molecule is C=CCOC(=O)Oc1ccc(C(N)CC(=O)N2CCc3ccccc32)c(C)c1. The lowest BCUT2D eigenvalue weighted by atomic mass is 9.98. The molecule has 1 atom stereocenters. The molecule has 1 aliphatic rings. The van der Waals surface area contributed by atoms with E-state index in [1.165, 1.54) is 11.6 Å². The molecule has 0 saturated carbocycles. The van der Waals surface area contributed by atoms with E-state index in [1.54, 1.807) is 23.1 Å². The second kappa shape index (κ2) is 8.71. The molecule has 0 spiro atoms. The minimum absolute atomic E-state index is 0.00480.